The number of benzene rings is 4. The summed E-state index contributed by atoms with van der Waals surface area (Å²) in [6.07, 6.45) is 3.71. The minimum absolute atomic E-state index is 0.0503. The van der Waals surface area contributed by atoms with E-state index in [-0.39, 0.29) is 22.3 Å². The monoisotopic (exact) mass is 885 g/mol. The molecule has 1 heterocycles. The number of nitrogens with zero attached hydrogens (tertiary/aromatic N) is 3. The van der Waals surface area contributed by atoms with Crippen LogP contribution in [0.1, 0.15) is 71.0 Å². The first kappa shape index (κ1) is 47.3. The molecule has 1 aliphatic rings. The van der Waals surface area contributed by atoms with Gasteiger partial charge in [0.05, 0.1) is 22.9 Å². The molecule has 59 heavy (non-hydrogen) atoms. The summed E-state index contributed by atoms with van der Waals surface area (Å²) in [5, 5.41) is 46.0. The number of amides is 1. The van der Waals surface area contributed by atoms with Crippen LogP contribution in [0.3, 0.4) is 0 Å². The van der Waals surface area contributed by atoms with Gasteiger partial charge >= 0.3 is 17.9 Å². The number of nitriles is 1. The lowest BCUT2D eigenvalue weighted by Gasteiger charge is -2.34. The number of aliphatic hydroxyl groups is 1. The predicted molar refractivity (Wildman–Crippen MR) is 226 cm³/mol. The van der Waals surface area contributed by atoms with Crippen molar-refractivity contribution in [2.75, 3.05) is 45.7 Å². The van der Waals surface area contributed by atoms with Gasteiger partial charge in [-0.1, -0.05) is 71.7 Å². The molecule has 0 aliphatic carbocycles. The Morgan fingerprint density at radius 2 is 1.53 bits per heavy atom. The Morgan fingerprint density at radius 3 is 2.08 bits per heavy atom. The van der Waals surface area contributed by atoms with Crippen LogP contribution >= 0.6 is 23.2 Å². The average molecular weight is 887 g/mol. The summed E-state index contributed by atoms with van der Waals surface area (Å²) in [4.78, 5) is 50.0. The van der Waals surface area contributed by atoms with Gasteiger partial charge in [0.2, 0.25) is 0 Å². The van der Waals surface area contributed by atoms with Crippen molar-refractivity contribution in [1.82, 2.24) is 9.80 Å². The zero-order chi connectivity index (χ0) is 43.6. The van der Waals surface area contributed by atoms with Crippen LogP contribution in [-0.4, -0.2) is 114 Å². The first-order chi connectivity index (χ1) is 27.9. The van der Waals surface area contributed by atoms with Crippen molar-refractivity contribution in [1.29, 1.82) is 5.26 Å². The molecular weight excluding hydrogens is 842 g/mol. The summed E-state index contributed by atoms with van der Waals surface area (Å²) < 4.78 is 25.2. The van der Waals surface area contributed by atoms with Crippen LogP contribution in [-0.2, 0) is 36.7 Å². The number of carboxylic acid groups (broad SMARTS) is 3. The number of carboxylic acids is 3. The Kier molecular flexibility index (Phi) is 17.0. The van der Waals surface area contributed by atoms with Crippen molar-refractivity contribution in [3.63, 3.8) is 0 Å². The maximum atomic E-state index is 14.2. The van der Waals surface area contributed by atoms with Crippen molar-refractivity contribution >= 4 is 80.1 Å². The molecule has 0 bridgehead atoms. The SMILES string of the molecule is CN(C[C@@H](CCN1CCC(c2ccccc2[S+](C)[O-])CC1)c1ccc(Cl)c(Cl)c1)C(=O)c1c([S+](C)[O-])c(C#N)cc2ccccc12.O=C(O)CC(O)(CC(=O)O)C(=O)O. The standard InChI is InChI=1S/C36H37Cl2N3O3S2.C6H8O7/c1-40(36(42)34-30-10-5-4-8-26(30)20-28(22-39)35(34)46(3)44)23-27(25-12-13-31(37)32(38)21-25)16-19-41-17-14-24(15-18-41)29-9-6-7-11-33(29)45(2)43;7-3(8)1-6(13,5(11)12)2-4(9)10/h4-13,20-21,24,27H,14-19,23H2,1-3H3;13H,1-2H2,(H,7,8)(H,9,10)(H,11,12)/t27-,45?,46?;/m1./s1. The van der Waals surface area contributed by atoms with Gasteiger partial charge in [0, 0.05) is 25.1 Å². The fourth-order valence-corrected chi connectivity index (χ4v) is 9.30. The summed E-state index contributed by atoms with van der Waals surface area (Å²) in [5.74, 6) is -4.97. The molecule has 4 aromatic rings. The molecule has 1 saturated heterocycles. The molecule has 3 atom stereocenters. The summed E-state index contributed by atoms with van der Waals surface area (Å²) in [5.41, 5.74) is -0.0114. The smallest absolute Gasteiger partial charge is 0.336 e. The number of hydrogen-bond donors (Lipinski definition) is 4. The third-order valence-corrected chi connectivity index (χ3v) is 12.9. The molecule has 2 unspecified atom stereocenters. The second-order valence-electron chi connectivity index (χ2n) is 14.3. The fourth-order valence-electron chi connectivity index (χ4n) is 7.26. The average Bonchev–Trinajstić information content (AvgIpc) is 3.19. The molecular formula is C42H45Cl2N3O10S2. The van der Waals surface area contributed by atoms with E-state index in [0.29, 0.717) is 33.5 Å². The molecule has 13 nitrogen and oxygen atoms in total. The van der Waals surface area contributed by atoms with Gasteiger partial charge in [-0.2, -0.15) is 5.26 Å². The number of halogens is 2. The fraction of sp³-hybridized carbons (Fsp3) is 0.357. The lowest BCUT2D eigenvalue weighted by molar-refractivity contribution is -0.170. The lowest BCUT2D eigenvalue weighted by atomic mass is 9.88. The number of likely N-dealkylation sites (N-methyl/N-ethyl adjacent to an activating group) is 1. The Morgan fingerprint density at radius 1 is 0.915 bits per heavy atom. The van der Waals surface area contributed by atoms with Gasteiger partial charge in [-0.25, -0.2) is 4.79 Å². The number of carbonyl (C=O) groups excluding carboxylic acids is 1. The largest absolute Gasteiger partial charge is 0.612 e. The van der Waals surface area contributed by atoms with Crippen LogP contribution in [0, 0.1) is 11.3 Å². The number of aliphatic carboxylic acids is 3. The highest BCUT2D eigenvalue weighted by Crippen LogP contribution is 2.35. The maximum Gasteiger partial charge on any atom is 0.336 e. The summed E-state index contributed by atoms with van der Waals surface area (Å²) in [6.45, 7) is 3.08. The summed E-state index contributed by atoms with van der Waals surface area (Å²) >= 11 is 10.1. The van der Waals surface area contributed by atoms with Crippen molar-refractivity contribution in [2.24, 2.45) is 0 Å². The maximum absolute atomic E-state index is 14.2. The Hall–Kier alpha value is -4.37. The molecule has 0 spiro atoms. The number of rotatable bonds is 15. The van der Waals surface area contributed by atoms with E-state index >= 15 is 0 Å². The van der Waals surface area contributed by atoms with E-state index in [0.717, 1.165) is 54.7 Å². The van der Waals surface area contributed by atoms with Gasteiger partial charge in [-0.15, -0.1) is 0 Å². The van der Waals surface area contributed by atoms with Crippen LogP contribution < -0.4 is 0 Å². The summed E-state index contributed by atoms with van der Waals surface area (Å²) in [6, 6.07) is 24.9. The molecule has 4 N–H and O–H groups in total. The van der Waals surface area contributed by atoms with E-state index in [1.165, 1.54) is 11.8 Å². The second-order valence-corrected chi connectivity index (χ2v) is 17.8. The number of fused-ring (bicyclic) bond motifs is 1. The molecule has 17 heteroatoms. The molecule has 1 amide bonds. The molecule has 0 aromatic heterocycles. The molecule has 1 fully saturated rings. The number of carbonyl (C=O) groups is 4. The highest BCUT2D eigenvalue weighted by molar-refractivity contribution is 7.91. The quantitative estimate of drug-likeness (QED) is 0.0956. The first-order valence-electron chi connectivity index (χ1n) is 18.4. The van der Waals surface area contributed by atoms with Gasteiger partial charge < -0.3 is 39.3 Å². The number of piperidine rings is 1. The van der Waals surface area contributed by atoms with Crippen LogP contribution in [0.4, 0.5) is 0 Å². The van der Waals surface area contributed by atoms with Crippen molar-refractivity contribution < 1.29 is 48.7 Å². The highest BCUT2D eigenvalue weighted by atomic mass is 35.5. The molecule has 1 aliphatic heterocycles. The minimum atomic E-state index is -2.74. The molecule has 4 aromatic carbocycles. The van der Waals surface area contributed by atoms with Gasteiger partial charge in [-0.05, 0) is 108 Å². The zero-order valence-electron chi connectivity index (χ0n) is 32.6. The third kappa shape index (κ3) is 12.3. The Bertz CT molecular complexity index is 2190. The minimum Gasteiger partial charge on any atom is -0.612 e. The van der Waals surface area contributed by atoms with Crippen molar-refractivity contribution in [3.05, 3.63) is 105 Å². The zero-order valence-corrected chi connectivity index (χ0v) is 35.7. The van der Waals surface area contributed by atoms with Crippen molar-refractivity contribution in [2.45, 2.75) is 59.3 Å². The van der Waals surface area contributed by atoms with E-state index < -0.39 is 58.7 Å². The van der Waals surface area contributed by atoms with Crippen LogP contribution in [0.15, 0.2) is 82.6 Å². The topological polar surface area (TPSA) is 226 Å². The first-order valence-corrected chi connectivity index (χ1v) is 22.3. The van der Waals surface area contributed by atoms with E-state index in [4.69, 9.17) is 43.6 Å². The van der Waals surface area contributed by atoms with Gasteiger partial charge in [0.25, 0.3) is 5.91 Å². The van der Waals surface area contributed by atoms with Crippen LogP contribution in [0.25, 0.3) is 10.8 Å². The molecule has 314 valence electrons. The molecule has 0 radical (unpaired) electrons. The van der Waals surface area contributed by atoms with E-state index in [9.17, 15) is 33.5 Å². The van der Waals surface area contributed by atoms with Crippen molar-refractivity contribution in [3.8, 4) is 6.07 Å². The van der Waals surface area contributed by atoms with Gasteiger partial charge in [0.1, 0.15) is 29.7 Å². The Balaban J connectivity index is 0.000000509. The van der Waals surface area contributed by atoms with Gasteiger partial charge in [0.15, 0.2) is 15.4 Å². The van der Waals surface area contributed by atoms with E-state index in [1.54, 1.807) is 30.3 Å². The molecule has 0 saturated carbocycles. The van der Waals surface area contributed by atoms with E-state index in [1.807, 2.05) is 54.6 Å². The van der Waals surface area contributed by atoms with Gasteiger partial charge in [-0.3, -0.25) is 14.4 Å². The summed E-state index contributed by atoms with van der Waals surface area (Å²) in [7, 11) is 1.75. The highest BCUT2D eigenvalue weighted by Gasteiger charge is 2.41. The third-order valence-electron chi connectivity index (χ3n) is 10.2. The molecule has 5 rings (SSSR count). The number of hydrogen-bond acceptors (Lipinski definition) is 9. The van der Waals surface area contributed by atoms with E-state index in [2.05, 4.69) is 17.0 Å². The van der Waals surface area contributed by atoms with Crippen LogP contribution in [0.5, 0.6) is 0 Å². The number of likely N-dealkylation sites (tertiary alicyclic amines) is 1. The Labute approximate surface area is 358 Å². The normalized spacial score (nSPS) is 15.0. The lowest BCUT2D eigenvalue weighted by Crippen LogP contribution is -2.42. The second kappa shape index (κ2) is 21.2. The van der Waals surface area contributed by atoms with Crippen LogP contribution in [0.2, 0.25) is 10.0 Å². The predicted octanol–water partition coefficient (Wildman–Crippen LogP) is 6.37.